The van der Waals surface area contributed by atoms with Crippen LogP contribution >= 0.6 is 11.6 Å². The number of nitrogens with one attached hydrogen (secondary N) is 1. The van der Waals surface area contributed by atoms with Crippen molar-refractivity contribution in [1.82, 2.24) is 15.2 Å². The van der Waals surface area contributed by atoms with Gasteiger partial charge in [-0.15, -0.1) is 0 Å². The van der Waals surface area contributed by atoms with Gasteiger partial charge in [0, 0.05) is 37.1 Å². The SMILES string of the molecule is O=C(CN1CCOc2ccc(Cl)cc21)N1CCNCC1c1cccnc1. The molecule has 1 amide bonds. The van der Waals surface area contributed by atoms with Crippen molar-refractivity contribution in [2.24, 2.45) is 0 Å². The van der Waals surface area contributed by atoms with Crippen LogP contribution in [-0.4, -0.2) is 55.1 Å². The number of piperazine rings is 1. The number of rotatable bonds is 3. The first-order valence-corrected chi connectivity index (χ1v) is 9.17. The normalized spacial score (nSPS) is 19.7. The van der Waals surface area contributed by atoms with E-state index in [4.69, 9.17) is 16.3 Å². The van der Waals surface area contributed by atoms with E-state index in [9.17, 15) is 4.79 Å². The zero-order valence-corrected chi connectivity index (χ0v) is 15.2. The van der Waals surface area contributed by atoms with Crippen molar-refractivity contribution in [3.8, 4) is 5.75 Å². The summed E-state index contributed by atoms with van der Waals surface area (Å²) in [6.45, 7) is 3.77. The van der Waals surface area contributed by atoms with Gasteiger partial charge >= 0.3 is 0 Å². The molecule has 7 heteroatoms. The quantitative estimate of drug-likeness (QED) is 0.894. The van der Waals surface area contributed by atoms with E-state index in [2.05, 4.69) is 15.2 Å². The van der Waals surface area contributed by atoms with Crippen LogP contribution in [0.25, 0.3) is 0 Å². The van der Waals surface area contributed by atoms with Crippen molar-refractivity contribution >= 4 is 23.2 Å². The van der Waals surface area contributed by atoms with E-state index in [-0.39, 0.29) is 11.9 Å². The second-order valence-electron chi connectivity index (χ2n) is 6.48. The highest BCUT2D eigenvalue weighted by Crippen LogP contribution is 2.34. The number of hydrogen-bond acceptors (Lipinski definition) is 5. The van der Waals surface area contributed by atoms with Crippen molar-refractivity contribution in [2.45, 2.75) is 6.04 Å². The number of amides is 1. The maximum atomic E-state index is 13.1. The average Bonchev–Trinajstić information content (AvgIpc) is 2.69. The summed E-state index contributed by atoms with van der Waals surface area (Å²) in [5.74, 6) is 0.880. The first-order valence-electron chi connectivity index (χ1n) is 8.80. The highest BCUT2D eigenvalue weighted by Gasteiger charge is 2.30. The summed E-state index contributed by atoms with van der Waals surface area (Å²) in [6.07, 6.45) is 3.59. The number of aromatic nitrogens is 1. The van der Waals surface area contributed by atoms with E-state index in [0.29, 0.717) is 31.3 Å². The molecule has 1 aromatic carbocycles. The van der Waals surface area contributed by atoms with Gasteiger partial charge in [0.25, 0.3) is 0 Å². The van der Waals surface area contributed by atoms with Crippen LogP contribution in [0.4, 0.5) is 5.69 Å². The Balaban J connectivity index is 1.53. The van der Waals surface area contributed by atoms with Crippen molar-refractivity contribution < 1.29 is 9.53 Å². The molecule has 3 heterocycles. The number of anilines is 1. The number of benzene rings is 1. The molecular weight excluding hydrogens is 352 g/mol. The van der Waals surface area contributed by atoms with Crippen molar-refractivity contribution in [2.75, 3.05) is 44.2 Å². The third kappa shape index (κ3) is 3.48. The third-order valence-electron chi connectivity index (χ3n) is 4.84. The second kappa shape index (κ2) is 7.51. The molecule has 0 saturated carbocycles. The van der Waals surface area contributed by atoms with E-state index in [1.54, 1.807) is 12.3 Å². The Morgan fingerprint density at radius 3 is 3.12 bits per heavy atom. The molecule has 0 bridgehead atoms. The molecule has 1 atom stereocenters. The predicted octanol–water partition coefficient (Wildman–Crippen LogP) is 2.11. The number of carbonyl (C=O) groups is 1. The Morgan fingerprint density at radius 1 is 1.35 bits per heavy atom. The third-order valence-corrected chi connectivity index (χ3v) is 5.07. The molecule has 1 fully saturated rings. The van der Waals surface area contributed by atoms with Crippen LogP contribution in [0.5, 0.6) is 5.75 Å². The zero-order valence-electron chi connectivity index (χ0n) is 14.4. The second-order valence-corrected chi connectivity index (χ2v) is 6.91. The fraction of sp³-hybridized carbons (Fsp3) is 0.368. The molecule has 1 unspecified atom stereocenters. The van der Waals surface area contributed by atoms with Crippen LogP contribution in [0.3, 0.4) is 0 Å². The molecular formula is C19H21ClN4O2. The standard InChI is InChI=1S/C19H21ClN4O2/c20-15-3-4-18-16(10-15)23(8-9-26-18)13-19(25)24-7-6-22-12-17(24)14-2-1-5-21-11-14/h1-5,10-11,17,22H,6-9,12-13H2. The molecule has 2 aromatic rings. The summed E-state index contributed by atoms with van der Waals surface area (Å²) in [5, 5.41) is 4.01. The maximum Gasteiger partial charge on any atom is 0.242 e. The minimum atomic E-state index is 0.00447. The van der Waals surface area contributed by atoms with Crippen LogP contribution in [0, 0.1) is 0 Å². The number of carbonyl (C=O) groups excluding carboxylic acids is 1. The number of nitrogens with zero attached hydrogens (tertiary/aromatic N) is 3. The summed E-state index contributed by atoms with van der Waals surface area (Å²) >= 11 is 6.14. The molecule has 26 heavy (non-hydrogen) atoms. The van der Waals surface area contributed by atoms with Crippen LogP contribution < -0.4 is 15.0 Å². The molecule has 136 valence electrons. The van der Waals surface area contributed by atoms with Gasteiger partial charge in [-0.2, -0.15) is 0 Å². The fourth-order valence-corrected chi connectivity index (χ4v) is 3.70. The molecule has 4 rings (SSSR count). The first-order chi connectivity index (χ1) is 12.7. The van der Waals surface area contributed by atoms with E-state index in [1.165, 1.54) is 0 Å². The lowest BCUT2D eigenvalue weighted by atomic mass is 10.1. The van der Waals surface area contributed by atoms with E-state index < -0.39 is 0 Å². The van der Waals surface area contributed by atoms with Crippen LogP contribution in [0.2, 0.25) is 5.02 Å². The van der Waals surface area contributed by atoms with E-state index >= 15 is 0 Å². The summed E-state index contributed by atoms with van der Waals surface area (Å²) in [4.78, 5) is 21.3. The van der Waals surface area contributed by atoms with Gasteiger partial charge < -0.3 is 19.9 Å². The van der Waals surface area contributed by atoms with Crippen molar-refractivity contribution in [3.05, 3.63) is 53.3 Å². The van der Waals surface area contributed by atoms with Gasteiger partial charge in [-0.05, 0) is 29.8 Å². The molecule has 0 spiro atoms. The Morgan fingerprint density at radius 2 is 2.27 bits per heavy atom. The molecule has 1 N–H and O–H groups in total. The van der Waals surface area contributed by atoms with E-state index in [0.717, 1.165) is 30.1 Å². The maximum absolute atomic E-state index is 13.1. The molecule has 2 aliphatic rings. The smallest absolute Gasteiger partial charge is 0.242 e. The molecule has 1 saturated heterocycles. The monoisotopic (exact) mass is 372 g/mol. The molecule has 1 aromatic heterocycles. The van der Waals surface area contributed by atoms with Gasteiger partial charge in [0.1, 0.15) is 12.4 Å². The summed E-state index contributed by atoms with van der Waals surface area (Å²) in [6, 6.07) is 9.46. The lowest BCUT2D eigenvalue weighted by Crippen LogP contribution is -2.52. The lowest BCUT2D eigenvalue weighted by molar-refractivity contribution is -0.133. The number of pyridine rings is 1. The van der Waals surface area contributed by atoms with Gasteiger partial charge in [-0.25, -0.2) is 0 Å². The topological polar surface area (TPSA) is 57.7 Å². The minimum absolute atomic E-state index is 0.00447. The van der Waals surface area contributed by atoms with Crippen LogP contribution in [-0.2, 0) is 4.79 Å². The number of halogens is 1. The molecule has 0 aliphatic carbocycles. The number of fused-ring (bicyclic) bond motifs is 1. The van der Waals surface area contributed by atoms with Gasteiger partial charge in [0.05, 0.1) is 24.8 Å². The molecule has 6 nitrogen and oxygen atoms in total. The zero-order chi connectivity index (χ0) is 17.9. The summed E-state index contributed by atoms with van der Waals surface area (Å²) in [7, 11) is 0. The Kier molecular flexibility index (Phi) is 4.95. The fourth-order valence-electron chi connectivity index (χ4n) is 3.54. The van der Waals surface area contributed by atoms with Crippen LogP contribution in [0.1, 0.15) is 11.6 Å². The van der Waals surface area contributed by atoms with Gasteiger partial charge in [-0.3, -0.25) is 9.78 Å². The van der Waals surface area contributed by atoms with E-state index in [1.807, 2.05) is 35.4 Å². The Labute approximate surface area is 157 Å². The van der Waals surface area contributed by atoms with Gasteiger partial charge in [-0.1, -0.05) is 17.7 Å². The molecule has 0 radical (unpaired) electrons. The van der Waals surface area contributed by atoms with Crippen molar-refractivity contribution in [3.63, 3.8) is 0 Å². The highest BCUT2D eigenvalue weighted by atomic mass is 35.5. The number of hydrogen-bond donors (Lipinski definition) is 1. The molecule has 2 aliphatic heterocycles. The highest BCUT2D eigenvalue weighted by molar-refractivity contribution is 6.31. The summed E-state index contributed by atoms with van der Waals surface area (Å²) in [5.41, 5.74) is 1.93. The lowest BCUT2D eigenvalue weighted by Gasteiger charge is -2.38. The predicted molar refractivity (Wildman–Crippen MR) is 101 cm³/mol. The Hall–Kier alpha value is -2.31. The summed E-state index contributed by atoms with van der Waals surface area (Å²) < 4.78 is 5.68. The average molecular weight is 373 g/mol. The van der Waals surface area contributed by atoms with Crippen LogP contribution in [0.15, 0.2) is 42.7 Å². The van der Waals surface area contributed by atoms with Gasteiger partial charge in [0.2, 0.25) is 5.91 Å². The van der Waals surface area contributed by atoms with Gasteiger partial charge in [0.15, 0.2) is 0 Å². The minimum Gasteiger partial charge on any atom is -0.490 e. The largest absolute Gasteiger partial charge is 0.490 e. The number of ether oxygens (including phenoxy) is 1. The Bertz CT molecular complexity index is 786. The van der Waals surface area contributed by atoms with Crippen molar-refractivity contribution in [1.29, 1.82) is 0 Å². The first kappa shape index (κ1) is 17.1.